The minimum absolute atomic E-state index is 0.558. The number of carboxylic acid groups (broad SMARTS) is 6. The molecule has 0 amide bonds. The summed E-state index contributed by atoms with van der Waals surface area (Å²) in [7, 11) is 0. The Morgan fingerprint density at radius 2 is 0.583 bits per heavy atom. The largest absolute Gasteiger partial charge is 0.478 e. The van der Waals surface area contributed by atoms with Crippen molar-refractivity contribution in [3.05, 3.63) is 36.5 Å². The van der Waals surface area contributed by atoms with Gasteiger partial charge in [-0.1, -0.05) is 0 Å². The molecule has 0 aromatic rings. The molecule has 36 heavy (non-hydrogen) atoms. The van der Waals surface area contributed by atoms with E-state index in [1.54, 1.807) is 0 Å². The van der Waals surface area contributed by atoms with Crippen molar-refractivity contribution in [3.8, 4) is 0 Å². The van der Waals surface area contributed by atoms with Crippen LogP contribution in [0.5, 0.6) is 0 Å². The molecule has 0 unspecified atom stereocenters. The number of ether oxygens (including phenoxy) is 2. The van der Waals surface area contributed by atoms with Crippen molar-refractivity contribution in [1.29, 1.82) is 0 Å². The van der Waals surface area contributed by atoms with E-state index in [1.165, 1.54) is 0 Å². The van der Waals surface area contributed by atoms with Crippen molar-refractivity contribution in [2.75, 3.05) is 52.6 Å². The highest BCUT2D eigenvalue weighted by Gasteiger charge is 1.94. The standard InChI is InChI=1S/2C4H9NO.3C4H4O4/c2*1-3-6-4-2-5-1;3*5-3(6)1-2-4(7)8/h2*5H,1-4H2;3*1-2H,(H,5,6)(H,7,8)/b;;3*2-1+. The molecule has 2 fully saturated rings. The number of morpholine rings is 2. The van der Waals surface area contributed by atoms with Crippen LogP contribution in [0.3, 0.4) is 0 Å². The van der Waals surface area contributed by atoms with Crippen molar-refractivity contribution in [3.63, 3.8) is 0 Å². The molecular formula is C20H30N2O14. The topological polar surface area (TPSA) is 266 Å². The van der Waals surface area contributed by atoms with Crippen LogP contribution in [-0.2, 0) is 38.2 Å². The molecule has 16 nitrogen and oxygen atoms in total. The summed E-state index contributed by atoms with van der Waals surface area (Å²) in [4.78, 5) is 57.3. The second kappa shape index (κ2) is 27.1. The molecule has 2 aliphatic rings. The Balaban J connectivity index is -0.000000379. The number of aliphatic carboxylic acids is 6. The summed E-state index contributed by atoms with van der Waals surface area (Å²) >= 11 is 0. The van der Waals surface area contributed by atoms with E-state index in [0.717, 1.165) is 52.6 Å². The minimum Gasteiger partial charge on any atom is -0.478 e. The summed E-state index contributed by atoms with van der Waals surface area (Å²) in [5.41, 5.74) is 0. The molecule has 8 N–H and O–H groups in total. The summed E-state index contributed by atoms with van der Waals surface area (Å²) in [6.07, 6.45) is 3.35. The van der Waals surface area contributed by atoms with Crippen LogP contribution < -0.4 is 10.6 Å². The molecule has 0 spiro atoms. The number of nitrogens with one attached hydrogen (secondary N) is 2. The van der Waals surface area contributed by atoms with Crippen LogP contribution >= 0.6 is 0 Å². The van der Waals surface area contributed by atoms with Crippen molar-refractivity contribution in [2.24, 2.45) is 0 Å². The van der Waals surface area contributed by atoms with E-state index in [1.807, 2.05) is 0 Å². The summed E-state index contributed by atoms with van der Waals surface area (Å²) in [5.74, 6) is -7.54. The zero-order chi connectivity index (χ0) is 28.2. The van der Waals surface area contributed by atoms with Gasteiger partial charge in [0.15, 0.2) is 0 Å². The number of carbonyl (C=O) groups is 6. The average molecular weight is 522 g/mol. The molecule has 0 aromatic heterocycles. The van der Waals surface area contributed by atoms with Crippen molar-refractivity contribution < 1.29 is 68.9 Å². The van der Waals surface area contributed by atoms with Crippen LogP contribution in [0.1, 0.15) is 0 Å². The Morgan fingerprint density at radius 1 is 0.417 bits per heavy atom. The Labute approximate surface area is 205 Å². The van der Waals surface area contributed by atoms with Crippen LogP contribution in [0, 0.1) is 0 Å². The van der Waals surface area contributed by atoms with Gasteiger partial charge in [0, 0.05) is 62.6 Å². The Kier molecular flexibility index (Phi) is 27.5. The lowest BCUT2D eigenvalue weighted by atomic mass is 10.5. The molecule has 0 aromatic carbocycles. The first-order chi connectivity index (χ1) is 16.9. The van der Waals surface area contributed by atoms with E-state index in [0.29, 0.717) is 36.5 Å². The lowest BCUT2D eigenvalue weighted by molar-refractivity contribution is -0.134. The van der Waals surface area contributed by atoms with E-state index >= 15 is 0 Å². The van der Waals surface area contributed by atoms with Crippen LogP contribution in [0.15, 0.2) is 36.5 Å². The summed E-state index contributed by atoms with van der Waals surface area (Å²) in [6, 6.07) is 0. The van der Waals surface area contributed by atoms with Crippen LogP contribution in [0.4, 0.5) is 0 Å². The second-order valence-corrected chi connectivity index (χ2v) is 5.75. The van der Waals surface area contributed by atoms with Gasteiger partial charge in [0.25, 0.3) is 0 Å². The van der Waals surface area contributed by atoms with Gasteiger partial charge < -0.3 is 50.7 Å². The molecule has 0 atom stereocenters. The lowest BCUT2D eigenvalue weighted by Crippen LogP contribution is -2.30. The monoisotopic (exact) mass is 522 g/mol. The molecule has 0 aliphatic carbocycles. The molecule has 16 heteroatoms. The maximum absolute atomic E-state index is 9.55. The predicted octanol–water partition coefficient (Wildman–Crippen LogP) is -1.65. The molecular weight excluding hydrogens is 492 g/mol. The number of hydrogen-bond donors (Lipinski definition) is 8. The smallest absolute Gasteiger partial charge is 0.328 e. The average Bonchev–Trinajstić information content (AvgIpc) is 2.84. The lowest BCUT2D eigenvalue weighted by Gasteiger charge is -2.10. The maximum atomic E-state index is 9.55. The highest BCUT2D eigenvalue weighted by Crippen LogP contribution is 1.77. The van der Waals surface area contributed by atoms with Gasteiger partial charge in [-0.15, -0.1) is 0 Å². The highest BCUT2D eigenvalue weighted by molar-refractivity contribution is 5.90. The third-order valence-corrected chi connectivity index (χ3v) is 2.80. The molecule has 0 radical (unpaired) electrons. The SMILES string of the molecule is C1COCCN1.C1COCCN1.O=C(O)/C=C/C(=O)O.O=C(O)/C=C/C(=O)O.O=C(O)/C=C/C(=O)O. The minimum atomic E-state index is -1.26. The zero-order valence-electron chi connectivity index (χ0n) is 19.1. The van der Waals surface area contributed by atoms with Crippen LogP contribution in [0.2, 0.25) is 0 Å². The molecule has 204 valence electrons. The molecule has 2 heterocycles. The first-order valence-electron chi connectivity index (χ1n) is 9.87. The third kappa shape index (κ3) is 47.6. The fourth-order valence-corrected chi connectivity index (χ4v) is 1.46. The Morgan fingerprint density at radius 3 is 0.639 bits per heavy atom. The van der Waals surface area contributed by atoms with Gasteiger partial charge in [0.05, 0.1) is 26.4 Å². The van der Waals surface area contributed by atoms with Crippen LogP contribution in [-0.4, -0.2) is 119 Å². The van der Waals surface area contributed by atoms with E-state index < -0.39 is 35.8 Å². The normalized spacial score (nSPS) is 14.3. The highest BCUT2D eigenvalue weighted by atomic mass is 16.5. The second-order valence-electron chi connectivity index (χ2n) is 5.75. The molecule has 0 bridgehead atoms. The van der Waals surface area contributed by atoms with E-state index in [9.17, 15) is 28.8 Å². The van der Waals surface area contributed by atoms with E-state index in [-0.39, 0.29) is 0 Å². The Bertz CT molecular complexity index is 590. The molecule has 0 saturated carbocycles. The van der Waals surface area contributed by atoms with Gasteiger partial charge in [-0.3, -0.25) is 0 Å². The maximum Gasteiger partial charge on any atom is 0.328 e. The van der Waals surface area contributed by atoms with Gasteiger partial charge >= 0.3 is 35.8 Å². The predicted molar refractivity (Wildman–Crippen MR) is 121 cm³/mol. The van der Waals surface area contributed by atoms with Gasteiger partial charge in [-0.2, -0.15) is 0 Å². The van der Waals surface area contributed by atoms with Crippen LogP contribution in [0.25, 0.3) is 0 Å². The number of rotatable bonds is 6. The van der Waals surface area contributed by atoms with Gasteiger partial charge in [0.2, 0.25) is 0 Å². The molecule has 2 aliphatic heterocycles. The molecule has 2 saturated heterocycles. The third-order valence-electron chi connectivity index (χ3n) is 2.80. The fraction of sp³-hybridized carbons (Fsp3) is 0.400. The Hall–Kier alpha value is -4.12. The van der Waals surface area contributed by atoms with Gasteiger partial charge in [-0.05, 0) is 0 Å². The van der Waals surface area contributed by atoms with Crippen molar-refractivity contribution >= 4 is 35.8 Å². The van der Waals surface area contributed by atoms with Gasteiger partial charge in [-0.25, -0.2) is 28.8 Å². The van der Waals surface area contributed by atoms with Crippen molar-refractivity contribution in [1.82, 2.24) is 10.6 Å². The summed E-state index contributed by atoms with van der Waals surface area (Å²) in [5, 5.41) is 53.2. The van der Waals surface area contributed by atoms with Crippen molar-refractivity contribution in [2.45, 2.75) is 0 Å². The zero-order valence-corrected chi connectivity index (χ0v) is 19.1. The molecule has 2 rings (SSSR count). The summed E-state index contributed by atoms with van der Waals surface area (Å²) < 4.78 is 10.0. The summed E-state index contributed by atoms with van der Waals surface area (Å²) in [6.45, 7) is 7.67. The quantitative estimate of drug-likeness (QED) is 0.181. The van der Waals surface area contributed by atoms with E-state index in [4.69, 9.17) is 40.1 Å². The first-order valence-corrected chi connectivity index (χ1v) is 9.87. The fourth-order valence-electron chi connectivity index (χ4n) is 1.46. The first kappa shape index (κ1) is 36.4. The number of carboxylic acids is 6. The number of hydrogen-bond acceptors (Lipinski definition) is 10. The van der Waals surface area contributed by atoms with E-state index in [2.05, 4.69) is 10.6 Å². The van der Waals surface area contributed by atoms with Gasteiger partial charge in [0.1, 0.15) is 0 Å².